The van der Waals surface area contributed by atoms with Gasteiger partial charge in [0.25, 0.3) is 5.91 Å². The number of carbonyl (C=O) groups is 2. The summed E-state index contributed by atoms with van der Waals surface area (Å²) in [5.74, 6) is 0.149. The van der Waals surface area contributed by atoms with Gasteiger partial charge < -0.3 is 10.1 Å². The summed E-state index contributed by atoms with van der Waals surface area (Å²) in [5, 5.41) is 5.64. The molecule has 0 aliphatic heterocycles. The van der Waals surface area contributed by atoms with Crippen molar-refractivity contribution in [3.8, 4) is 0 Å². The van der Waals surface area contributed by atoms with Gasteiger partial charge in [0.05, 0.1) is 0 Å². The predicted octanol–water partition coefficient (Wildman–Crippen LogP) is 4.96. The average Bonchev–Trinajstić information content (AvgIpc) is 2.62. The summed E-state index contributed by atoms with van der Waals surface area (Å²) in [6, 6.07) is 16.9. The second kappa shape index (κ2) is 9.21. The molecule has 2 N–H and O–H groups in total. The zero-order chi connectivity index (χ0) is 19.9. The van der Waals surface area contributed by atoms with Gasteiger partial charge >= 0.3 is 6.09 Å². The van der Waals surface area contributed by atoms with Gasteiger partial charge in [0, 0.05) is 23.7 Å². The van der Waals surface area contributed by atoms with Gasteiger partial charge in [0.15, 0.2) is 0 Å². The molecule has 0 spiro atoms. The normalized spacial score (nSPS) is 12.1. The number of carbonyl (C=O) groups excluding carboxylic acids is 2. The Morgan fingerprint density at radius 1 is 1.00 bits per heavy atom. The average molecular weight is 368 g/mol. The Balaban J connectivity index is 1.90. The molecule has 1 unspecified atom stereocenters. The van der Waals surface area contributed by atoms with Gasteiger partial charge in [-0.1, -0.05) is 37.3 Å². The Hall–Kier alpha value is -2.82. The van der Waals surface area contributed by atoms with Crippen molar-refractivity contribution in [2.24, 2.45) is 0 Å². The second-order valence-corrected chi connectivity index (χ2v) is 7.43. The lowest BCUT2D eigenvalue weighted by Gasteiger charge is -2.19. The third kappa shape index (κ3) is 6.77. The molecule has 5 nitrogen and oxygen atoms in total. The standard InChI is InChI=1S/C22H28N2O3/c1-5-16(17-9-7-6-8-10-17)15-23-20(25)18-11-13-19(14-12-18)24-21(26)27-22(2,3)4/h6-14,16H,5,15H2,1-4H3,(H,23,25)(H,24,26). The topological polar surface area (TPSA) is 67.4 Å². The molecule has 2 rings (SSSR count). The number of anilines is 1. The van der Waals surface area contributed by atoms with Crippen LogP contribution in [-0.2, 0) is 4.74 Å². The van der Waals surface area contributed by atoms with E-state index in [0.29, 0.717) is 17.8 Å². The molecule has 2 aromatic rings. The summed E-state index contributed by atoms with van der Waals surface area (Å²) < 4.78 is 5.21. The van der Waals surface area contributed by atoms with E-state index in [1.165, 1.54) is 5.56 Å². The SMILES string of the molecule is CCC(CNC(=O)c1ccc(NC(=O)OC(C)(C)C)cc1)c1ccccc1. The molecule has 144 valence electrons. The molecule has 0 saturated carbocycles. The van der Waals surface area contributed by atoms with Crippen molar-refractivity contribution in [1.82, 2.24) is 5.32 Å². The van der Waals surface area contributed by atoms with Gasteiger partial charge in [0.1, 0.15) is 5.60 Å². The molecule has 0 fully saturated rings. The molecule has 5 heteroatoms. The van der Waals surface area contributed by atoms with Gasteiger partial charge in [-0.25, -0.2) is 4.79 Å². The molecule has 27 heavy (non-hydrogen) atoms. The smallest absolute Gasteiger partial charge is 0.412 e. The highest BCUT2D eigenvalue weighted by Crippen LogP contribution is 2.18. The summed E-state index contributed by atoms with van der Waals surface area (Å²) in [4.78, 5) is 24.2. The number of hydrogen-bond donors (Lipinski definition) is 2. The number of ether oxygens (including phenoxy) is 1. The monoisotopic (exact) mass is 368 g/mol. The minimum atomic E-state index is -0.557. The van der Waals surface area contributed by atoms with Crippen molar-refractivity contribution in [2.45, 2.75) is 45.6 Å². The lowest BCUT2D eigenvalue weighted by atomic mass is 9.96. The number of benzene rings is 2. The van der Waals surface area contributed by atoms with Crippen molar-refractivity contribution in [3.05, 3.63) is 65.7 Å². The van der Waals surface area contributed by atoms with Crippen LogP contribution in [0.5, 0.6) is 0 Å². The van der Waals surface area contributed by atoms with Crippen LogP contribution in [0.25, 0.3) is 0 Å². The van der Waals surface area contributed by atoms with Crippen LogP contribution in [0.4, 0.5) is 10.5 Å². The molecule has 0 bridgehead atoms. The molecule has 2 amide bonds. The molecular weight excluding hydrogens is 340 g/mol. The predicted molar refractivity (Wildman–Crippen MR) is 108 cm³/mol. The third-order valence-corrected chi connectivity index (χ3v) is 4.07. The van der Waals surface area contributed by atoms with Gasteiger partial charge in [-0.3, -0.25) is 10.1 Å². The first kappa shape index (κ1) is 20.5. The zero-order valence-corrected chi connectivity index (χ0v) is 16.4. The Morgan fingerprint density at radius 3 is 2.19 bits per heavy atom. The number of nitrogens with one attached hydrogen (secondary N) is 2. The van der Waals surface area contributed by atoms with E-state index < -0.39 is 11.7 Å². The van der Waals surface area contributed by atoms with Crippen LogP contribution in [0.3, 0.4) is 0 Å². The number of rotatable bonds is 6. The van der Waals surface area contributed by atoms with E-state index in [1.54, 1.807) is 45.0 Å². The van der Waals surface area contributed by atoms with Crippen LogP contribution in [0.1, 0.15) is 56.0 Å². The van der Waals surface area contributed by atoms with Crippen LogP contribution in [0.2, 0.25) is 0 Å². The van der Waals surface area contributed by atoms with Crippen LogP contribution in [-0.4, -0.2) is 24.1 Å². The summed E-state index contributed by atoms with van der Waals surface area (Å²) in [5.41, 5.74) is 1.79. The molecule has 0 aliphatic rings. The van der Waals surface area contributed by atoms with Gasteiger partial charge in [-0.15, -0.1) is 0 Å². The number of hydrogen-bond acceptors (Lipinski definition) is 3. The fourth-order valence-electron chi connectivity index (χ4n) is 2.67. The molecule has 0 aliphatic carbocycles. The highest BCUT2D eigenvalue weighted by atomic mass is 16.6. The van der Waals surface area contributed by atoms with E-state index in [1.807, 2.05) is 18.2 Å². The fourth-order valence-corrected chi connectivity index (χ4v) is 2.67. The third-order valence-electron chi connectivity index (χ3n) is 4.07. The molecule has 2 aromatic carbocycles. The Labute approximate surface area is 161 Å². The number of amides is 2. The molecular formula is C22H28N2O3. The van der Waals surface area contributed by atoms with Crippen LogP contribution >= 0.6 is 0 Å². The second-order valence-electron chi connectivity index (χ2n) is 7.43. The van der Waals surface area contributed by atoms with Crippen molar-refractivity contribution in [1.29, 1.82) is 0 Å². The first-order chi connectivity index (χ1) is 12.8. The summed E-state index contributed by atoms with van der Waals surface area (Å²) in [6.45, 7) is 8.11. The van der Waals surface area contributed by atoms with Crippen molar-refractivity contribution >= 4 is 17.7 Å². The van der Waals surface area contributed by atoms with Crippen molar-refractivity contribution in [3.63, 3.8) is 0 Å². The first-order valence-corrected chi connectivity index (χ1v) is 9.21. The molecule has 1 atom stereocenters. The Bertz CT molecular complexity index is 749. The molecule has 0 radical (unpaired) electrons. The van der Waals surface area contributed by atoms with Crippen molar-refractivity contribution in [2.75, 3.05) is 11.9 Å². The van der Waals surface area contributed by atoms with Crippen LogP contribution < -0.4 is 10.6 Å². The van der Waals surface area contributed by atoms with E-state index >= 15 is 0 Å². The lowest BCUT2D eigenvalue weighted by molar-refractivity contribution is 0.0635. The van der Waals surface area contributed by atoms with E-state index in [-0.39, 0.29) is 11.8 Å². The highest BCUT2D eigenvalue weighted by Gasteiger charge is 2.16. The summed E-state index contributed by atoms with van der Waals surface area (Å²) in [6.07, 6.45) is 0.427. The quantitative estimate of drug-likeness (QED) is 0.757. The van der Waals surface area contributed by atoms with E-state index in [2.05, 4.69) is 29.7 Å². The van der Waals surface area contributed by atoms with Gasteiger partial charge in [-0.2, -0.15) is 0 Å². The van der Waals surface area contributed by atoms with Crippen LogP contribution in [0.15, 0.2) is 54.6 Å². The fraction of sp³-hybridized carbons (Fsp3) is 0.364. The lowest BCUT2D eigenvalue weighted by Crippen LogP contribution is -2.28. The minimum Gasteiger partial charge on any atom is -0.444 e. The van der Waals surface area contributed by atoms with Gasteiger partial charge in [-0.05, 0) is 57.0 Å². The maximum Gasteiger partial charge on any atom is 0.412 e. The Morgan fingerprint density at radius 2 is 1.63 bits per heavy atom. The Kier molecular flexibility index (Phi) is 6.99. The minimum absolute atomic E-state index is 0.131. The largest absolute Gasteiger partial charge is 0.444 e. The first-order valence-electron chi connectivity index (χ1n) is 9.21. The molecule has 0 saturated heterocycles. The van der Waals surface area contributed by atoms with E-state index in [4.69, 9.17) is 4.74 Å². The van der Waals surface area contributed by atoms with Crippen molar-refractivity contribution < 1.29 is 14.3 Å². The highest BCUT2D eigenvalue weighted by molar-refractivity contribution is 5.95. The summed E-state index contributed by atoms with van der Waals surface area (Å²) >= 11 is 0. The summed E-state index contributed by atoms with van der Waals surface area (Å²) in [7, 11) is 0. The van der Waals surface area contributed by atoms with E-state index in [9.17, 15) is 9.59 Å². The molecule has 0 aromatic heterocycles. The maximum absolute atomic E-state index is 12.4. The zero-order valence-electron chi connectivity index (χ0n) is 16.4. The maximum atomic E-state index is 12.4. The van der Waals surface area contributed by atoms with Crippen LogP contribution in [0, 0.1) is 0 Å². The molecule has 0 heterocycles. The van der Waals surface area contributed by atoms with Gasteiger partial charge in [0.2, 0.25) is 0 Å². The van der Waals surface area contributed by atoms with E-state index in [0.717, 1.165) is 6.42 Å².